The number of piperidine rings is 1. The zero-order valence-electron chi connectivity index (χ0n) is 16.1. The molecule has 0 saturated carbocycles. The van der Waals surface area contributed by atoms with E-state index in [9.17, 15) is 4.79 Å². The largest absolute Gasteiger partial charge is 0.356 e. The molecule has 3 heterocycles. The van der Waals surface area contributed by atoms with Crippen molar-refractivity contribution in [3.63, 3.8) is 0 Å². The summed E-state index contributed by atoms with van der Waals surface area (Å²) in [7, 11) is 2.19. The van der Waals surface area contributed by atoms with Crippen molar-refractivity contribution >= 4 is 43.1 Å². The van der Waals surface area contributed by atoms with Gasteiger partial charge in [-0.05, 0) is 44.6 Å². The third-order valence-corrected chi connectivity index (χ3v) is 5.86. The van der Waals surface area contributed by atoms with Crippen LogP contribution >= 0.6 is 37.2 Å². The number of piperazine rings is 1. The van der Waals surface area contributed by atoms with Gasteiger partial charge >= 0.3 is 0 Å². The molecular formula is C18H37Cl3N4O. The first-order valence-electron chi connectivity index (χ1n) is 9.52. The van der Waals surface area contributed by atoms with Gasteiger partial charge in [0.05, 0.1) is 0 Å². The Morgan fingerprint density at radius 2 is 1.65 bits per heavy atom. The molecule has 0 aromatic rings. The smallest absolute Gasteiger partial charge is 0.220 e. The fourth-order valence-corrected chi connectivity index (χ4v) is 4.50. The van der Waals surface area contributed by atoms with Gasteiger partial charge in [0.15, 0.2) is 0 Å². The van der Waals surface area contributed by atoms with Crippen LogP contribution in [0, 0.1) is 11.8 Å². The van der Waals surface area contributed by atoms with E-state index in [0.717, 1.165) is 45.7 Å². The summed E-state index contributed by atoms with van der Waals surface area (Å²) < 4.78 is 0. The Kier molecular flexibility index (Phi) is 12.7. The topological polar surface area (TPSA) is 47.6 Å². The van der Waals surface area contributed by atoms with Crippen LogP contribution in [0.5, 0.6) is 0 Å². The summed E-state index contributed by atoms with van der Waals surface area (Å²) >= 11 is 0. The number of carbonyl (C=O) groups excluding carboxylic acids is 1. The number of halogens is 3. The molecule has 156 valence electrons. The number of nitrogens with zero attached hydrogens (tertiary/aromatic N) is 2. The van der Waals surface area contributed by atoms with Gasteiger partial charge in [0, 0.05) is 57.8 Å². The highest BCUT2D eigenvalue weighted by atomic mass is 35.5. The lowest BCUT2D eigenvalue weighted by atomic mass is 9.89. The van der Waals surface area contributed by atoms with Crippen LogP contribution in [0.3, 0.4) is 0 Å². The number of carbonyl (C=O) groups is 1. The van der Waals surface area contributed by atoms with E-state index in [1.165, 1.54) is 25.7 Å². The minimum Gasteiger partial charge on any atom is -0.356 e. The maximum absolute atomic E-state index is 12.2. The van der Waals surface area contributed by atoms with Crippen molar-refractivity contribution in [2.75, 3.05) is 46.3 Å². The second-order valence-electron chi connectivity index (χ2n) is 8.19. The molecular weight excluding hydrogens is 395 g/mol. The van der Waals surface area contributed by atoms with Crippen LogP contribution in [-0.4, -0.2) is 74.1 Å². The first kappa shape index (κ1) is 26.2. The van der Waals surface area contributed by atoms with E-state index >= 15 is 0 Å². The quantitative estimate of drug-likeness (QED) is 0.676. The first-order chi connectivity index (χ1) is 11.1. The normalized spacial score (nSPS) is 29.7. The Balaban J connectivity index is 0.00000208. The van der Waals surface area contributed by atoms with Gasteiger partial charge in [0.1, 0.15) is 0 Å². The summed E-state index contributed by atoms with van der Waals surface area (Å²) in [6, 6.07) is 1.37. The van der Waals surface area contributed by atoms with E-state index in [0.29, 0.717) is 23.9 Å². The summed E-state index contributed by atoms with van der Waals surface area (Å²) in [6.07, 6.45) is 5.74. The van der Waals surface area contributed by atoms with E-state index in [-0.39, 0.29) is 43.1 Å². The Bertz CT molecular complexity index is 396. The predicted molar refractivity (Wildman–Crippen MR) is 115 cm³/mol. The van der Waals surface area contributed by atoms with E-state index in [4.69, 9.17) is 0 Å². The molecule has 3 aliphatic heterocycles. The molecule has 3 unspecified atom stereocenters. The molecule has 0 aromatic carbocycles. The van der Waals surface area contributed by atoms with Crippen molar-refractivity contribution in [2.24, 2.45) is 11.8 Å². The highest BCUT2D eigenvalue weighted by Gasteiger charge is 2.34. The van der Waals surface area contributed by atoms with Gasteiger partial charge in [-0.25, -0.2) is 0 Å². The van der Waals surface area contributed by atoms with Crippen LogP contribution in [-0.2, 0) is 4.79 Å². The fourth-order valence-electron chi connectivity index (χ4n) is 4.50. The predicted octanol–water partition coefficient (Wildman–Crippen LogP) is 2.17. The van der Waals surface area contributed by atoms with Gasteiger partial charge in [-0.1, -0.05) is 6.92 Å². The van der Waals surface area contributed by atoms with E-state index < -0.39 is 0 Å². The molecule has 3 fully saturated rings. The van der Waals surface area contributed by atoms with Gasteiger partial charge in [-0.3, -0.25) is 4.79 Å². The maximum Gasteiger partial charge on any atom is 0.220 e. The van der Waals surface area contributed by atoms with Gasteiger partial charge < -0.3 is 20.4 Å². The highest BCUT2D eigenvalue weighted by Crippen LogP contribution is 2.32. The number of hydrogen-bond donors (Lipinski definition) is 2. The molecule has 3 rings (SSSR count). The van der Waals surface area contributed by atoms with Gasteiger partial charge in [0.25, 0.3) is 0 Å². The molecule has 1 amide bonds. The van der Waals surface area contributed by atoms with Crippen LogP contribution in [0.4, 0.5) is 0 Å². The van der Waals surface area contributed by atoms with Crippen LogP contribution in [0.15, 0.2) is 0 Å². The number of hydrogen-bond acceptors (Lipinski definition) is 4. The van der Waals surface area contributed by atoms with Crippen molar-refractivity contribution in [2.45, 2.75) is 51.1 Å². The molecule has 3 atom stereocenters. The van der Waals surface area contributed by atoms with Crippen molar-refractivity contribution < 1.29 is 4.79 Å². The van der Waals surface area contributed by atoms with Crippen molar-refractivity contribution in [3.8, 4) is 0 Å². The molecule has 5 nitrogen and oxygen atoms in total. The van der Waals surface area contributed by atoms with Crippen LogP contribution in [0.25, 0.3) is 0 Å². The monoisotopic (exact) mass is 430 g/mol. The lowest BCUT2D eigenvalue weighted by Crippen LogP contribution is -2.47. The minimum absolute atomic E-state index is 0. The van der Waals surface area contributed by atoms with Crippen molar-refractivity contribution in [3.05, 3.63) is 0 Å². The minimum atomic E-state index is 0. The fraction of sp³-hybridized carbons (Fsp3) is 0.944. The number of likely N-dealkylation sites (N-methyl/N-ethyl adjacent to an activating group) is 1. The van der Waals surface area contributed by atoms with Crippen LogP contribution < -0.4 is 10.6 Å². The van der Waals surface area contributed by atoms with E-state index in [1.54, 1.807) is 0 Å². The number of rotatable bonds is 6. The Labute approximate surface area is 177 Å². The average Bonchev–Trinajstić information content (AvgIpc) is 2.86. The molecule has 0 aliphatic carbocycles. The summed E-state index contributed by atoms with van der Waals surface area (Å²) in [4.78, 5) is 17.1. The third-order valence-electron chi connectivity index (χ3n) is 5.86. The molecule has 8 heteroatoms. The Morgan fingerprint density at radius 1 is 1.08 bits per heavy atom. The average molecular weight is 432 g/mol. The third kappa shape index (κ3) is 8.07. The van der Waals surface area contributed by atoms with Crippen LogP contribution in [0.2, 0.25) is 0 Å². The summed E-state index contributed by atoms with van der Waals surface area (Å²) in [6.45, 7) is 8.82. The number of fused-ring (bicyclic) bond motifs is 2. The van der Waals surface area contributed by atoms with Crippen molar-refractivity contribution in [1.82, 2.24) is 20.4 Å². The van der Waals surface area contributed by atoms with E-state index in [1.807, 2.05) is 0 Å². The molecule has 0 spiro atoms. The van der Waals surface area contributed by atoms with Crippen molar-refractivity contribution in [1.29, 1.82) is 0 Å². The molecule has 2 bridgehead atoms. The molecule has 2 N–H and O–H groups in total. The molecule has 26 heavy (non-hydrogen) atoms. The Morgan fingerprint density at radius 3 is 2.23 bits per heavy atom. The first-order valence-corrected chi connectivity index (χ1v) is 9.52. The van der Waals surface area contributed by atoms with Crippen LogP contribution in [0.1, 0.15) is 39.0 Å². The van der Waals surface area contributed by atoms with Gasteiger partial charge in [0.2, 0.25) is 5.91 Å². The molecule has 3 saturated heterocycles. The van der Waals surface area contributed by atoms with Gasteiger partial charge in [-0.15, -0.1) is 37.2 Å². The molecule has 0 aromatic heterocycles. The summed E-state index contributed by atoms with van der Waals surface area (Å²) in [5.41, 5.74) is 0. The molecule has 0 radical (unpaired) electrons. The molecule has 3 aliphatic rings. The number of amides is 1. The van der Waals surface area contributed by atoms with E-state index in [2.05, 4.69) is 34.4 Å². The van der Waals surface area contributed by atoms with Gasteiger partial charge in [-0.2, -0.15) is 0 Å². The lowest BCUT2D eigenvalue weighted by Gasteiger charge is -2.34. The number of nitrogens with one attached hydrogen (secondary N) is 2. The standard InChI is InChI=1S/C18H34N4O.3ClH/c1-14(13-22-7-5-21(2)6-8-22)12-19-18(23)11-15-9-16-3-4-17(10-15)20-16;;;/h14-17,20H,3-13H2,1-2H3,(H,19,23);3*1H. The SMILES string of the molecule is CC(CNC(=O)CC1CC2CCC(C1)N2)CN1CCN(C)CC1.Cl.Cl.Cl. The second kappa shape index (κ2) is 12.6. The summed E-state index contributed by atoms with van der Waals surface area (Å²) in [5, 5.41) is 6.83. The lowest BCUT2D eigenvalue weighted by molar-refractivity contribution is -0.122. The maximum atomic E-state index is 12.2. The second-order valence-corrected chi connectivity index (χ2v) is 8.19. The summed E-state index contributed by atoms with van der Waals surface area (Å²) in [5.74, 6) is 1.40. The Hall–Kier alpha value is 0.220. The zero-order valence-corrected chi connectivity index (χ0v) is 18.6. The zero-order chi connectivity index (χ0) is 16.2. The highest BCUT2D eigenvalue weighted by molar-refractivity contribution is 5.86.